The molecule has 3 N–H and O–H groups in total. The molecule has 10 heteroatoms. The molecule has 1 aromatic heterocycles. The molecular weight excluding hydrogens is 480 g/mol. The monoisotopic (exact) mass is 499 g/mol. The van der Waals surface area contributed by atoms with Gasteiger partial charge in [-0.2, -0.15) is 5.26 Å². The summed E-state index contributed by atoms with van der Waals surface area (Å²) in [7, 11) is 0. The highest BCUT2D eigenvalue weighted by Gasteiger charge is 2.46. The SMILES string of the molecule is CC1(C)CC(=O)C2=C(C1)N(NC(=O)c1cccnc1Cl)C(N)=C(C#N)C2c1c(F)cccc1Cl. The number of allylic oxidation sites excluding steroid dienone is 3. The van der Waals surface area contributed by atoms with Gasteiger partial charge in [0.2, 0.25) is 0 Å². The van der Waals surface area contributed by atoms with Gasteiger partial charge in [0.05, 0.1) is 28.8 Å². The first-order chi connectivity index (χ1) is 16.1. The molecule has 1 aliphatic carbocycles. The number of amides is 1. The van der Waals surface area contributed by atoms with Crippen molar-refractivity contribution in [2.24, 2.45) is 11.1 Å². The first kappa shape index (κ1) is 23.7. The Balaban J connectivity index is 1.92. The quantitative estimate of drug-likeness (QED) is 0.596. The Labute approximate surface area is 205 Å². The molecule has 7 nitrogen and oxygen atoms in total. The zero-order chi connectivity index (χ0) is 24.8. The number of pyridine rings is 1. The molecule has 0 radical (unpaired) electrons. The highest BCUT2D eigenvalue weighted by Crippen LogP contribution is 2.50. The second-order valence-corrected chi connectivity index (χ2v) is 9.66. The molecule has 34 heavy (non-hydrogen) atoms. The summed E-state index contributed by atoms with van der Waals surface area (Å²) in [6.45, 7) is 3.80. The number of Topliss-reactive ketones (excluding diaryl/α,β-unsaturated/α-hetero) is 1. The molecule has 4 rings (SSSR count). The first-order valence-electron chi connectivity index (χ1n) is 10.4. The first-order valence-corrected chi connectivity index (χ1v) is 11.1. The van der Waals surface area contributed by atoms with Crippen molar-refractivity contribution in [3.8, 4) is 6.07 Å². The van der Waals surface area contributed by atoms with Crippen molar-refractivity contribution in [3.63, 3.8) is 0 Å². The molecule has 174 valence electrons. The van der Waals surface area contributed by atoms with E-state index in [0.29, 0.717) is 12.1 Å². The van der Waals surface area contributed by atoms with Crippen LogP contribution in [0, 0.1) is 22.6 Å². The molecule has 0 saturated heterocycles. The van der Waals surface area contributed by atoms with E-state index < -0.39 is 23.1 Å². The van der Waals surface area contributed by atoms with E-state index in [9.17, 15) is 19.2 Å². The molecule has 1 aliphatic heterocycles. The summed E-state index contributed by atoms with van der Waals surface area (Å²) in [5.41, 5.74) is 9.07. The van der Waals surface area contributed by atoms with Gasteiger partial charge in [0, 0.05) is 28.8 Å². The van der Waals surface area contributed by atoms with Gasteiger partial charge < -0.3 is 5.73 Å². The van der Waals surface area contributed by atoms with Gasteiger partial charge in [0.25, 0.3) is 5.91 Å². The maximum absolute atomic E-state index is 15.0. The Bertz CT molecular complexity index is 1310. The van der Waals surface area contributed by atoms with Crippen LogP contribution in [0.2, 0.25) is 10.2 Å². The maximum Gasteiger partial charge on any atom is 0.273 e. The van der Waals surface area contributed by atoms with Gasteiger partial charge >= 0.3 is 0 Å². The van der Waals surface area contributed by atoms with Crippen LogP contribution in [-0.2, 0) is 4.79 Å². The van der Waals surface area contributed by atoms with Crippen LogP contribution in [0.25, 0.3) is 0 Å². The summed E-state index contributed by atoms with van der Waals surface area (Å²) in [4.78, 5) is 30.3. The minimum absolute atomic E-state index is 0.00879. The van der Waals surface area contributed by atoms with E-state index >= 15 is 0 Å². The molecule has 0 spiro atoms. The third-order valence-corrected chi connectivity index (χ3v) is 6.52. The molecule has 1 atom stereocenters. The number of rotatable bonds is 3. The van der Waals surface area contributed by atoms with Gasteiger partial charge in [-0.15, -0.1) is 0 Å². The number of ketones is 1. The summed E-state index contributed by atoms with van der Waals surface area (Å²) >= 11 is 12.4. The van der Waals surface area contributed by atoms with Gasteiger partial charge in [-0.25, -0.2) is 14.4 Å². The Morgan fingerprint density at radius 3 is 2.68 bits per heavy atom. The molecule has 0 saturated carbocycles. The van der Waals surface area contributed by atoms with E-state index in [1.54, 1.807) is 6.07 Å². The van der Waals surface area contributed by atoms with E-state index in [1.165, 1.54) is 35.5 Å². The van der Waals surface area contributed by atoms with Crippen LogP contribution >= 0.6 is 23.2 Å². The Kier molecular flexibility index (Phi) is 6.11. The van der Waals surface area contributed by atoms with Gasteiger partial charge in [-0.3, -0.25) is 15.0 Å². The van der Waals surface area contributed by atoms with E-state index in [0.717, 1.165) is 0 Å². The number of nitriles is 1. The van der Waals surface area contributed by atoms with Crippen molar-refractivity contribution in [1.82, 2.24) is 15.4 Å². The molecule has 2 aliphatic rings. The predicted octanol–water partition coefficient (Wildman–Crippen LogP) is 4.61. The number of nitrogens with two attached hydrogens (primary N) is 1. The van der Waals surface area contributed by atoms with Crippen molar-refractivity contribution in [2.75, 3.05) is 0 Å². The van der Waals surface area contributed by atoms with Crippen LogP contribution in [0.3, 0.4) is 0 Å². The van der Waals surface area contributed by atoms with E-state index in [-0.39, 0.29) is 50.5 Å². The Morgan fingerprint density at radius 1 is 1.29 bits per heavy atom. The number of carbonyl (C=O) groups excluding carboxylic acids is 2. The topological polar surface area (TPSA) is 112 Å². The van der Waals surface area contributed by atoms with E-state index in [1.807, 2.05) is 19.9 Å². The molecule has 1 aromatic carbocycles. The molecule has 1 amide bonds. The fourth-order valence-electron chi connectivity index (χ4n) is 4.43. The number of carbonyl (C=O) groups is 2. The lowest BCUT2D eigenvalue weighted by molar-refractivity contribution is -0.118. The lowest BCUT2D eigenvalue weighted by atomic mass is 9.69. The van der Waals surface area contributed by atoms with Crippen LogP contribution in [0.4, 0.5) is 4.39 Å². The molecule has 0 fully saturated rings. The smallest absolute Gasteiger partial charge is 0.273 e. The van der Waals surface area contributed by atoms with Crippen LogP contribution in [-0.4, -0.2) is 21.7 Å². The summed E-state index contributed by atoms with van der Waals surface area (Å²) in [6, 6.07) is 9.16. The number of benzene rings is 1. The van der Waals surface area contributed by atoms with Gasteiger partial charge in [-0.1, -0.05) is 43.1 Å². The fraction of sp³-hybridized carbons (Fsp3) is 0.250. The highest BCUT2D eigenvalue weighted by molar-refractivity contribution is 6.32. The highest BCUT2D eigenvalue weighted by atomic mass is 35.5. The average Bonchev–Trinajstić information content (AvgIpc) is 2.75. The normalized spacial score (nSPS) is 19.6. The third-order valence-electron chi connectivity index (χ3n) is 5.89. The number of hydrogen-bond donors (Lipinski definition) is 2. The van der Waals surface area contributed by atoms with Gasteiger partial charge in [0.1, 0.15) is 16.8 Å². The van der Waals surface area contributed by atoms with Crippen molar-refractivity contribution in [1.29, 1.82) is 5.26 Å². The van der Waals surface area contributed by atoms with Crippen LogP contribution in [0.5, 0.6) is 0 Å². The van der Waals surface area contributed by atoms with Crippen molar-refractivity contribution >= 4 is 34.9 Å². The zero-order valence-electron chi connectivity index (χ0n) is 18.3. The predicted molar refractivity (Wildman–Crippen MR) is 125 cm³/mol. The lowest BCUT2D eigenvalue weighted by Crippen LogP contribution is -2.50. The maximum atomic E-state index is 15.0. The Hall–Kier alpha value is -3.41. The van der Waals surface area contributed by atoms with Crippen LogP contribution < -0.4 is 11.2 Å². The van der Waals surface area contributed by atoms with Crippen molar-refractivity contribution in [3.05, 3.63) is 86.3 Å². The second kappa shape index (κ2) is 8.75. The van der Waals surface area contributed by atoms with Crippen LogP contribution in [0.15, 0.2) is 59.2 Å². The average molecular weight is 500 g/mol. The molecular formula is C24H20Cl2FN5O2. The van der Waals surface area contributed by atoms with Crippen molar-refractivity contribution in [2.45, 2.75) is 32.6 Å². The minimum atomic E-state index is -1.10. The third kappa shape index (κ3) is 4.02. The molecule has 2 aromatic rings. The van der Waals surface area contributed by atoms with E-state index in [2.05, 4.69) is 10.4 Å². The lowest BCUT2D eigenvalue weighted by Gasteiger charge is -2.43. The number of nitrogens with one attached hydrogen (secondary N) is 1. The van der Waals surface area contributed by atoms with Gasteiger partial charge in [0.15, 0.2) is 5.78 Å². The largest absolute Gasteiger partial charge is 0.383 e. The molecule has 0 bridgehead atoms. The number of hydrazine groups is 1. The van der Waals surface area contributed by atoms with Crippen molar-refractivity contribution < 1.29 is 14.0 Å². The van der Waals surface area contributed by atoms with E-state index in [4.69, 9.17) is 28.9 Å². The number of aromatic nitrogens is 1. The van der Waals surface area contributed by atoms with Crippen LogP contribution in [0.1, 0.15) is 48.5 Å². The summed E-state index contributed by atoms with van der Waals surface area (Å²) < 4.78 is 15.0. The Morgan fingerprint density at radius 2 is 2.03 bits per heavy atom. The minimum Gasteiger partial charge on any atom is -0.383 e. The zero-order valence-corrected chi connectivity index (χ0v) is 19.8. The summed E-state index contributed by atoms with van der Waals surface area (Å²) in [6.07, 6.45) is 1.94. The number of halogens is 3. The molecule has 1 unspecified atom stereocenters. The standard InChI is InChI=1S/C24H20Cl2FN5O2/c1-24(2)9-16-20(17(33)10-24)18(19-14(25)6-3-7-15(19)27)13(11-28)22(29)32(16)31-23(34)12-5-4-8-30-21(12)26/h3-8,18H,9-10,29H2,1-2H3,(H,31,34). The van der Waals surface area contributed by atoms with Gasteiger partial charge in [-0.05, 0) is 36.1 Å². The second-order valence-electron chi connectivity index (χ2n) is 8.90. The number of nitrogens with zero attached hydrogens (tertiary/aromatic N) is 3. The summed E-state index contributed by atoms with van der Waals surface area (Å²) in [5, 5.41) is 11.3. The summed E-state index contributed by atoms with van der Waals surface area (Å²) in [5.74, 6) is -2.82. The fourth-order valence-corrected chi connectivity index (χ4v) is 4.91. The number of hydrogen-bond acceptors (Lipinski definition) is 6. The molecule has 2 heterocycles.